The van der Waals surface area contributed by atoms with Crippen LogP contribution in [0.1, 0.15) is 42.6 Å². The first-order valence-corrected chi connectivity index (χ1v) is 11.0. The Morgan fingerprint density at radius 1 is 1.04 bits per heavy atom. The van der Waals surface area contributed by atoms with Gasteiger partial charge in [0.15, 0.2) is 15.6 Å². The van der Waals surface area contributed by atoms with Crippen LogP contribution in [0.5, 0.6) is 0 Å². The zero-order valence-corrected chi connectivity index (χ0v) is 17.1. The van der Waals surface area contributed by atoms with Gasteiger partial charge in [-0.15, -0.1) is 0 Å². The number of benzene rings is 2. The summed E-state index contributed by atoms with van der Waals surface area (Å²) < 4.78 is 27.1. The van der Waals surface area contributed by atoms with Gasteiger partial charge in [0.1, 0.15) is 5.25 Å². The molecule has 1 aliphatic rings. The van der Waals surface area contributed by atoms with Crippen molar-refractivity contribution in [2.24, 2.45) is 0 Å². The van der Waals surface area contributed by atoms with E-state index in [1.165, 1.54) is 12.1 Å². The maximum atomic E-state index is 13.6. The summed E-state index contributed by atoms with van der Waals surface area (Å²) in [4.78, 5) is 27.5. The molecule has 1 unspecified atom stereocenters. The minimum Gasteiger partial charge on any atom is -0.335 e. The number of carbonyl (C=O) groups is 2. The molecular formula is C22H25NO4S. The van der Waals surface area contributed by atoms with Gasteiger partial charge in [-0.05, 0) is 39.3 Å². The summed E-state index contributed by atoms with van der Waals surface area (Å²) in [6.45, 7) is 5.57. The molecular weight excluding hydrogens is 374 g/mol. The normalized spacial score (nSPS) is 18.5. The minimum atomic E-state index is -3.98. The second kappa shape index (κ2) is 7.87. The topological polar surface area (TPSA) is 71.5 Å². The van der Waals surface area contributed by atoms with Crippen molar-refractivity contribution in [2.75, 3.05) is 0 Å². The van der Waals surface area contributed by atoms with Crippen LogP contribution in [0.15, 0.2) is 59.5 Å². The first kappa shape index (κ1) is 20.3. The van der Waals surface area contributed by atoms with Crippen LogP contribution in [-0.4, -0.2) is 42.3 Å². The van der Waals surface area contributed by atoms with Crippen LogP contribution < -0.4 is 0 Å². The van der Waals surface area contributed by atoms with Gasteiger partial charge >= 0.3 is 0 Å². The van der Waals surface area contributed by atoms with Crippen LogP contribution in [0.3, 0.4) is 0 Å². The molecule has 0 N–H and O–H groups in total. The fourth-order valence-electron chi connectivity index (χ4n) is 3.86. The number of sulfone groups is 1. The number of nitrogens with zero attached hydrogens (tertiary/aromatic N) is 1. The van der Waals surface area contributed by atoms with E-state index in [2.05, 4.69) is 0 Å². The van der Waals surface area contributed by atoms with Crippen molar-refractivity contribution in [3.63, 3.8) is 0 Å². The summed E-state index contributed by atoms with van der Waals surface area (Å²) in [5, 5.41) is -1.33. The third kappa shape index (κ3) is 3.74. The lowest BCUT2D eigenvalue weighted by Gasteiger charge is -2.33. The van der Waals surface area contributed by atoms with E-state index in [0.717, 1.165) is 5.56 Å². The van der Waals surface area contributed by atoms with Gasteiger partial charge in [0.2, 0.25) is 5.91 Å². The van der Waals surface area contributed by atoms with E-state index in [-0.39, 0.29) is 23.3 Å². The molecule has 1 aliphatic heterocycles. The van der Waals surface area contributed by atoms with Crippen molar-refractivity contribution in [3.8, 4) is 0 Å². The van der Waals surface area contributed by atoms with Gasteiger partial charge < -0.3 is 4.90 Å². The Morgan fingerprint density at radius 2 is 1.64 bits per heavy atom. The molecule has 1 fully saturated rings. The minimum absolute atomic E-state index is 0.107. The molecule has 3 rings (SSSR count). The number of hydrogen-bond acceptors (Lipinski definition) is 4. The lowest BCUT2D eigenvalue weighted by Crippen LogP contribution is -2.51. The summed E-state index contributed by atoms with van der Waals surface area (Å²) in [7, 11) is -3.98. The number of aryl methyl sites for hydroxylation is 1. The molecule has 2 aromatic carbocycles. The molecule has 5 nitrogen and oxygen atoms in total. The summed E-state index contributed by atoms with van der Waals surface area (Å²) in [6.07, 6.45) is 0.607. The van der Waals surface area contributed by atoms with Crippen molar-refractivity contribution in [1.82, 2.24) is 4.90 Å². The quantitative estimate of drug-likeness (QED) is 0.698. The average molecular weight is 400 g/mol. The zero-order chi connectivity index (χ0) is 20.5. The molecule has 1 saturated heterocycles. The van der Waals surface area contributed by atoms with Crippen LogP contribution in [0, 0.1) is 6.92 Å². The number of hydrogen-bond donors (Lipinski definition) is 0. The van der Waals surface area contributed by atoms with Gasteiger partial charge in [0.05, 0.1) is 10.9 Å². The largest absolute Gasteiger partial charge is 0.335 e. The Balaban J connectivity index is 2.13. The number of rotatable bonds is 6. The lowest BCUT2D eigenvalue weighted by atomic mass is 10.0. The SMILES string of the molecule is Cc1ccc(S(=O)(=O)[C@@H](C(=O)c2ccccc2)C2CCC(=O)N2C(C)C)cc1. The van der Waals surface area contributed by atoms with Crippen LogP contribution in [0.2, 0.25) is 0 Å². The first-order chi connectivity index (χ1) is 13.2. The van der Waals surface area contributed by atoms with E-state index in [1.807, 2.05) is 20.8 Å². The maximum absolute atomic E-state index is 13.6. The molecule has 0 aromatic heterocycles. The standard InChI is InChI=1S/C22H25NO4S/c1-15(2)23-19(13-14-20(23)24)22(21(25)17-7-5-4-6-8-17)28(26,27)18-11-9-16(3)10-12-18/h4-12,15,19,22H,13-14H2,1-3H3/t19?,22-/m1/s1. The molecule has 148 valence electrons. The van der Waals surface area contributed by atoms with Crippen LogP contribution in [0.4, 0.5) is 0 Å². The molecule has 2 aromatic rings. The third-order valence-corrected chi connectivity index (χ3v) is 7.33. The highest BCUT2D eigenvalue weighted by molar-refractivity contribution is 7.93. The molecule has 0 radical (unpaired) electrons. The van der Waals surface area contributed by atoms with Crippen molar-refractivity contribution in [3.05, 3.63) is 65.7 Å². The Labute approximate surface area is 166 Å². The number of carbonyl (C=O) groups excluding carboxylic acids is 2. The third-order valence-electron chi connectivity index (χ3n) is 5.21. The zero-order valence-electron chi connectivity index (χ0n) is 16.3. The highest BCUT2D eigenvalue weighted by Gasteiger charge is 2.48. The molecule has 2 atom stereocenters. The lowest BCUT2D eigenvalue weighted by molar-refractivity contribution is -0.130. The molecule has 6 heteroatoms. The Kier molecular flexibility index (Phi) is 5.70. The second-order valence-corrected chi connectivity index (χ2v) is 9.58. The number of amides is 1. The van der Waals surface area contributed by atoms with E-state index in [4.69, 9.17) is 0 Å². The highest BCUT2D eigenvalue weighted by atomic mass is 32.2. The number of likely N-dealkylation sites (tertiary alicyclic amines) is 1. The van der Waals surface area contributed by atoms with Crippen LogP contribution >= 0.6 is 0 Å². The maximum Gasteiger partial charge on any atom is 0.223 e. The highest BCUT2D eigenvalue weighted by Crippen LogP contribution is 2.32. The molecule has 0 spiro atoms. The van der Waals surface area contributed by atoms with Crippen molar-refractivity contribution >= 4 is 21.5 Å². The molecule has 1 amide bonds. The van der Waals surface area contributed by atoms with E-state index >= 15 is 0 Å². The van der Waals surface area contributed by atoms with Gasteiger partial charge in [0.25, 0.3) is 0 Å². The molecule has 0 bridgehead atoms. The molecule has 28 heavy (non-hydrogen) atoms. The molecule has 1 heterocycles. The van der Waals surface area contributed by atoms with Crippen molar-refractivity contribution < 1.29 is 18.0 Å². The van der Waals surface area contributed by atoms with Gasteiger partial charge in [-0.1, -0.05) is 48.0 Å². The monoisotopic (exact) mass is 399 g/mol. The van der Waals surface area contributed by atoms with Gasteiger partial charge in [-0.3, -0.25) is 9.59 Å². The van der Waals surface area contributed by atoms with Crippen LogP contribution in [-0.2, 0) is 14.6 Å². The Morgan fingerprint density at radius 3 is 2.21 bits per heavy atom. The number of ketones is 1. The second-order valence-electron chi connectivity index (χ2n) is 7.51. The fraction of sp³-hybridized carbons (Fsp3) is 0.364. The summed E-state index contributed by atoms with van der Waals surface area (Å²) in [6, 6.07) is 14.1. The van der Waals surface area contributed by atoms with E-state index in [9.17, 15) is 18.0 Å². The predicted octanol–water partition coefficient (Wildman–Crippen LogP) is 3.42. The fourth-order valence-corrected chi connectivity index (χ4v) is 5.76. The smallest absolute Gasteiger partial charge is 0.223 e. The van der Waals surface area contributed by atoms with E-state index in [1.54, 1.807) is 47.4 Å². The predicted molar refractivity (Wildman–Crippen MR) is 108 cm³/mol. The van der Waals surface area contributed by atoms with Gasteiger partial charge in [-0.2, -0.15) is 0 Å². The Bertz CT molecular complexity index is 965. The first-order valence-electron chi connectivity index (χ1n) is 9.44. The molecule has 0 saturated carbocycles. The number of Topliss-reactive ketones (excluding diaryl/α,β-unsaturated/α-hetero) is 1. The van der Waals surface area contributed by atoms with Gasteiger partial charge in [0, 0.05) is 18.0 Å². The molecule has 0 aliphatic carbocycles. The Hall–Kier alpha value is -2.47. The van der Waals surface area contributed by atoms with Crippen LogP contribution in [0.25, 0.3) is 0 Å². The summed E-state index contributed by atoms with van der Waals surface area (Å²) in [5.41, 5.74) is 1.27. The summed E-state index contributed by atoms with van der Waals surface area (Å²) in [5.74, 6) is -0.573. The van der Waals surface area contributed by atoms with E-state index in [0.29, 0.717) is 12.0 Å². The van der Waals surface area contributed by atoms with Crippen molar-refractivity contribution in [2.45, 2.75) is 55.8 Å². The summed E-state index contributed by atoms with van der Waals surface area (Å²) >= 11 is 0. The van der Waals surface area contributed by atoms with Gasteiger partial charge in [-0.25, -0.2) is 8.42 Å². The average Bonchev–Trinajstić information content (AvgIpc) is 3.04. The van der Waals surface area contributed by atoms with Crippen molar-refractivity contribution in [1.29, 1.82) is 0 Å². The van der Waals surface area contributed by atoms with E-state index < -0.39 is 26.9 Å².